The second-order valence-corrected chi connectivity index (χ2v) is 5.76. The van der Waals surface area contributed by atoms with Gasteiger partial charge >= 0.3 is 0 Å². The highest BCUT2D eigenvalue weighted by Gasteiger charge is 2.16. The van der Waals surface area contributed by atoms with Crippen molar-refractivity contribution in [1.82, 2.24) is 10.3 Å². The first-order chi connectivity index (χ1) is 10.6. The highest BCUT2D eigenvalue weighted by atomic mass is 32.1. The molecule has 0 aliphatic rings. The summed E-state index contributed by atoms with van der Waals surface area (Å²) in [6.45, 7) is 4.54. The van der Waals surface area contributed by atoms with Gasteiger partial charge in [-0.05, 0) is 31.5 Å². The van der Waals surface area contributed by atoms with Crippen LogP contribution in [0.5, 0.6) is 11.5 Å². The minimum Gasteiger partial charge on any atom is -0.493 e. The molecule has 1 amide bonds. The number of nitrogens with zero attached hydrogens (tertiary/aromatic N) is 1. The van der Waals surface area contributed by atoms with Crippen molar-refractivity contribution < 1.29 is 14.3 Å². The molecule has 0 aliphatic carbocycles. The number of thiazole rings is 1. The van der Waals surface area contributed by atoms with Crippen molar-refractivity contribution in [1.29, 1.82) is 0 Å². The fraction of sp³-hybridized carbons (Fsp3) is 0.375. The van der Waals surface area contributed by atoms with Crippen LogP contribution >= 0.6 is 11.3 Å². The zero-order valence-electron chi connectivity index (χ0n) is 13.2. The number of benzene rings is 1. The normalized spacial score (nSPS) is 10.4. The molecule has 0 fully saturated rings. The quantitative estimate of drug-likeness (QED) is 0.887. The number of nitrogens with one attached hydrogen (secondary N) is 1. The van der Waals surface area contributed by atoms with Gasteiger partial charge in [0.15, 0.2) is 11.5 Å². The average molecular weight is 320 g/mol. The summed E-state index contributed by atoms with van der Waals surface area (Å²) in [6, 6.07) is 5.61. The summed E-state index contributed by atoms with van der Waals surface area (Å²) < 4.78 is 10.5. The first kappa shape index (κ1) is 16.3. The van der Waals surface area contributed by atoms with Gasteiger partial charge in [0.25, 0.3) is 5.91 Å². The number of rotatable bonds is 6. The van der Waals surface area contributed by atoms with E-state index in [2.05, 4.69) is 10.3 Å². The minimum absolute atomic E-state index is 0.0661. The van der Waals surface area contributed by atoms with E-state index in [1.54, 1.807) is 14.2 Å². The molecule has 0 saturated carbocycles. The predicted octanol–water partition coefficient (Wildman–Crippen LogP) is 3.28. The molecule has 0 radical (unpaired) electrons. The number of ether oxygens (including phenoxy) is 2. The summed E-state index contributed by atoms with van der Waals surface area (Å²) in [7, 11) is 3.19. The lowest BCUT2D eigenvalue weighted by Crippen LogP contribution is -2.23. The SMILES string of the molecule is CCCNC(=O)c1sc(-c2ccc(OC)c(OC)c2)nc1C. The number of hydrogen-bond donors (Lipinski definition) is 1. The summed E-state index contributed by atoms with van der Waals surface area (Å²) >= 11 is 1.38. The number of carbonyl (C=O) groups excluding carboxylic acids is 1. The van der Waals surface area contributed by atoms with Crippen LogP contribution in [0.4, 0.5) is 0 Å². The number of aryl methyl sites for hydroxylation is 1. The van der Waals surface area contributed by atoms with Gasteiger partial charge in [0.05, 0.1) is 19.9 Å². The third-order valence-electron chi connectivity index (χ3n) is 3.17. The Kier molecular flexibility index (Phi) is 5.38. The first-order valence-corrected chi connectivity index (χ1v) is 7.90. The van der Waals surface area contributed by atoms with Crippen LogP contribution in [0, 0.1) is 6.92 Å². The molecule has 22 heavy (non-hydrogen) atoms. The second kappa shape index (κ2) is 7.26. The van der Waals surface area contributed by atoms with Crippen LogP contribution in [0.25, 0.3) is 10.6 Å². The van der Waals surface area contributed by atoms with Gasteiger partial charge in [0, 0.05) is 12.1 Å². The highest BCUT2D eigenvalue weighted by molar-refractivity contribution is 7.17. The van der Waals surface area contributed by atoms with Crippen LogP contribution in [0.3, 0.4) is 0 Å². The Balaban J connectivity index is 2.32. The maximum Gasteiger partial charge on any atom is 0.263 e. The van der Waals surface area contributed by atoms with E-state index < -0.39 is 0 Å². The number of methoxy groups -OCH3 is 2. The molecule has 2 aromatic rings. The fourth-order valence-electron chi connectivity index (χ4n) is 2.02. The van der Waals surface area contributed by atoms with Crippen molar-refractivity contribution in [2.75, 3.05) is 20.8 Å². The van der Waals surface area contributed by atoms with Crippen molar-refractivity contribution in [2.45, 2.75) is 20.3 Å². The molecule has 0 bridgehead atoms. The Morgan fingerprint density at radius 2 is 2.00 bits per heavy atom. The van der Waals surface area contributed by atoms with Crippen LogP contribution in [0.1, 0.15) is 28.7 Å². The molecule has 2 rings (SSSR count). The molecule has 0 atom stereocenters. The van der Waals surface area contributed by atoms with Crippen LogP contribution in [0.2, 0.25) is 0 Å². The van der Waals surface area contributed by atoms with E-state index in [-0.39, 0.29) is 5.91 Å². The van der Waals surface area contributed by atoms with E-state index in [0.717, 1.165) is 22.7 Å². The van der Waals surface area contributed by atoms with Gasteiger partial charge in [0.1, 0.15) is 9.88 Å². The summed E-state index contributed by atoms with van der Waals surface area (Å²) in [5.74, 6) is 1.24. The number of carbonyl (C=O) groups is 1. The molecule has 118 valence electrons. The molecule has 0 unspecified atom stereocenters. The van der Waals surface area contributed by atoms with E-state index in [9.17, 15) is 4.79 Å². The Morgan fingerprint density at radius 1 is 1.27 bits per heavy atom. The van der Waals surface area contributed by atoms with Crippen LogP contribution in [-0.4, -0.2) is 31.7 Å². The first-order valence-electron chi connectivity index (χ1n) is 7.08. The van der Waals surface area contributed by atoms with Gasteiger partial charge in [0.2, 0.25) is 0 Å². The van der Waals surface area contributed by atoms with Crippen molar-refractivity contribution in [3.63, 3.8) is 0 Å². The number of hydrogen-bond acceptors (Lipinski definition) is 5. The standard InChI is InChI=1S/C16H20N2O3S/c1-5-8-17-15(19)14-10(2)18-16(22-14)11-6-7-12(20-3)13(9-11)21-4/h6-7,9H,5,8H2,1-4H3,(H,17,19). The van der Waals surface area contributed by atoms with Crippen molar-refractivity contribution >= 4 is 17.2 Å². The Labute approximate surface area is 134 Å². The number of amides is 1. The van der Waals surface area contributed by atoms with Gasteiger partial charge in [-0.2, -0.15) is 0 Å². The molecule has 1 heterocycles. The Morgan fingerprint density at radius 3 is 2.64 bits per heavy atom. The van der Waals surface area contributed by atoms with E-state index >= 15 is 0 Å². The van der Waals surface area contributed by atoms with Gasteiger partial charge in [-0.25, -0.2) is 4.98 Å². The summed E-state index contributed by atoms with van der Waals surface area (Å²) in [5, 5.41) is 3.67. The van der Waals surface area contributed by atoms with Gasteiger partial charge in [-0.3, -0.25) is 4.79 Å². The summed E-state index contributed by atoms with van der Waals surface area (Å²) in [6.07, 6.45) is 0.909. The maximum absolute atomic E-state index is 12.1. The molecule has 0 saturated heterocycles. The van der Waals surface area contributed by atoms with Crippen LogP contribution < -0.4 is 14.8 Å². The Bertz CT molecular complexity index is 667. The highest BCUT2D eigenvalue weighted by Crippen LogP contribution is 2.34. The fourth-order valence-corrected chi connectivity index (χ4v) is 3.00. The second-order valence-electron chi connectivity index (χ2n) is 4.76. The molecule has 6 heteroatoms. The lowest BCUT2D eigenvalue weighted by Gasteiger charge is -2.08. The van der Waals surface area contributed by atoms with Gasteiger partial charge in [-0.1, -0.05) is 6.92 Å². The third kappa shape index (κ3) is 3.39. The molecule has 0 aliphatic heterocycles. The summed E-state index contributed by atoms with van der Waals surface area (Å²) in [4.78, 5) is 17.3. The van der Waals surface area contributed by atoms with Crippen molar-refractivity contribution in [2.24, 2.45) is 0 Å². The van der Waals surface area contributed by atoms with Gasteiger partial charge in [-0.15, -0.1) is 11.3 Å². The van der Waals surface area contributed by atoms with E-state index in [0.29, 0.717) is 22.9 Å². The average Bonchev–Trinajstić information content (AvgIpc) is 2.93. The summed E-state index contributed by atoms with van der Waals surface area (Å²) in [5.41, 5.74) is 1.64. The minimum atomic E-state index is -0.0661. The van der Waals surface area contributed by atoms with E-state index in [1.807, 2.05) is 32.0 Å². The maximum atomic E-state index is 12.1. The van der Waals surface area contributed by atoms with Crippen LogP contribution in [0.15, 0.2) is 18.2 Å². The molecular formula is C16H20N2O3S. The van der Waals surface area contributed by atoms with Gasteiger partial charge < -0.3 is 14.8 Å². The van der Waals surface area contributed by atoms with Crippen molar-refractivity contribution in [3.8, 4) is 22.1 Å². The van der Waals surface area contributed by atoms with E-state index in [1.165, 1.54) is 11.3 Å². The zero-order chi connectivity index (χ0) is 16.1. The molecule has 1 aromatic heterocycles. The van der Waals surface area contributed by atoms with E-state index in [4.69, 9.17) is 9.47 Å². The smallest absolute Gasteiger partial charge is 0.263 e. The Hall–Kier alpha value is -2.08. The number of aromatic nitrogens is 1. The predicted molar refractivity (Wildman–Crippen MR) is 88.0 cm³/mol. The van der Waals surface area contributed by atoms with Crippen molar-refractivity contribution in [3.05, 3.63) is 28.8 Å². The molecule has 0 spiro atoms. The molecule has 1 N–H and O–H groups in total. The zero-order valence-corrected chi connectivity index (χ0v) is 14.0. The topological polar surface area (TPSA) is 60.5 Å². The lowest BCUT2D eigenvalue weighted by molar-refractivity contribution is 0.0957. The van der Waals surface area contributed by atoms with Crippen LogP contribution in [-0.2, 0) is 0 Å². The molecule has 1 aromatic carbocycles. The lowest BCUT2D eigenvalue weighted by atomic mass is 10.2. The molecule has 5 nitrogen and oxygen atoms in total. The largest absolute Gasteiger partial charge is 0.493 e. The third-order valence-corrected chi connectivity index (χ3v) is 4.37. The monoisotopic (exact) mass is 320 g/mol. The molecular weight excluding hydrogens is 300 g/mol.